The minimum Gasteiger partial charge on any atom is -0.316 e. The van der Waals surface area contributed by atoms with Gasteiger partial charge in [0.1, 0.15) is 0 Å². The number of nitrogens with one attached hydrogen (secondary N) is 2. The van der Waals surface area contributed by atoms with Gasteiger partial charge in [-0.1, -0.05) is 0 Å². The fraction of sp³-hybridized carbons (Fsp3) is 1.00. The first-order valence-electron chi connectivity index (χ1n) is 4.97. The molecule has 0 aliphatic carbocycles. The Morgan fingerprint density at radius 3 is 2.83 bits per heavy atom. The molecule has 0 radical (unpaired) electrons. The Morgan fingerprint density at radius 2 is 2.33 bits per heavy atom. The average molecular weight is 169 g/mol. The average Bonchev–Trinajstić information content (AvgIpc) is 2.32. The lowest BCUT2D eigenvalue weighted by Gasteiger charge is -2.28. The fourth-order valence-corrected chi connectivity index (χ4v) is 1.93. The van der Waals surface area contributed by atoms with Gasteiger partial charge >= 0.3 is 0 Å². The third-order valence-electron chi connectivity index (χ3n) is 2.95. The predicted molar refractivity (Wildman–Crippen MR) is 50.3 cm³/mol. The number of rotatable bonds is 3. The molecule has 0 amide bonds. The minimum atomic E-state index is 0.760. The highest BCUT2D eigenvalue weighted by atomic mass is 15.2. The molecule has 0 saturated carbocycles. The van der Waals surface area contributed by atoms with Crippen molar-refractivity contribution in [1.82, 2.24) is 15.5 Å². The van der Waals surface area contributed by atoms with Crippen molar-refractivity contribution in [3.05, 3.63) is 0 Å². The molecule has 0 bridgehead atoms. The zero-order valence-electron chi connectivity index (χ0n) is 7.84. The lowest BCUT2D eigenvalue weighted by Crippen LogP contribution is -2.49. The van der Waals surface area contributed by atoms with Crippen LogP contribution in [0.3, 0.4) is 0 Å². The van der Waals surface area contributed by atoms with Crippen LogP contribution in [0.15, 0.2) is 0 Å². The number of hydrogen-bond acceptors (Lipinski definition) is 3. The van der Waals surface area contributed by atoms with Crippen LogP contribution in [-0.2, 0) is 0 Å². The Labute approximate surface area is 74.5 Å². The third kappa shape index (κ3) is 1.97. The molecule has 3 nitrogen and oxygen atoms in total. The molecule has 3 heteroatoms. The van der Waals surface area contributed by atoms with E-state index in [0.717, 1.165) is 12.0 Å². The molecule has 0 aromatic rings. The molecule has 12 heavy (non-hydrogen) atoms. The molecule has 70 valence electrons. The predicted octanol–water partition coefficient (Wildman–Crippen LogP) is -0.500. The summed E-state index contributed by atoms with van der Waals surface area (Å²) < 4.78 is 0. The first kappa shape index (κ1) is 8.48. The van der Waals surface area contributed by atoms with Gasteiger partial charge in [0.25, 0.3) is 0 Å². The highest BCUT2D eigenvalue weighted by Crippen LogP contribution is 2.07. The standard InChI is InChI=1S/C9H19N3/c1-12-3-2-9(7-12)11-6-8-4-10-5-8/h8-11H,2-7H2,1H3. The normalized spacial score (nSPS) is 32.2. The largest absolute Gasteiger partial charge is 0.316 e. The highest BCUT2D eigenvalue weighted by Gasteiger charge is 2.22. The van der Waals surface area contributed by atoms with E-state index >= 15 is 0 Å². The Bertz CT molecular complexity index is 145. The Hall–Kier alpha value is -0.120. The van der Waals surface area contributed by atoms with Crippen LogP contribution in [0.5, 0.6) is 0 Å². The lowest BCUT2D eigenvalue weighted by molar-refractivity contribution is 0.313. The molecule has 2 N–H and O–H groups in total. The maximum absolute atomic E-state index is 3.63. The monoisotopic (exact) mass is 169 g/mol. The number of likely N-dealkylation sites (tertiary alicyclic amines) is 1. The second-order valence-corrected chi connectivity index (χ2v) is 4.18. The van der Waals surface area contributed by atoms with Gasteiger partial charge in [-0.15, -0.1) is 0 Å². The molecule has 0 aromatic carbocycles. The van der Waals surface area contributed by atoms with Crippen LogP contribution >= 0.6 is 0 Å². The topological polar surface area (TPSA) is 27.3 Å². The molecular formula is C9H19N3. The number of nitrogens with zero attached hydrogens (tertiary/aromatic N) is 1. The summed E-state index contributed by atoms with van der Waals surface area (Å²) in [4.78, 5) is 2.40. The van der Waals surface area contributed by atoms with E-state index in [9.17, 15) is 0 Å². The zero-order chi connectivity index (χ0) is 8.39. The van der Waals surface area contributed by atoms with Crippen LogP contribution in [0.2, 0.25) is 0 Å². The number of likely N-dealkylation sites (N-methyl/N-ethyl adjacent to an activating group) is 1. The van der Waals surface area contributed by atoms with Gasteiger partial charge in [-0.05, 0) is 25.9 Å². The van der Waals surface area contributed by atoms with Gasteiger partial charge in [0.15, 0.2) is 0 Å². The van der Waals surface area contributed by atoms with Crippen molar-refractivity contribution in [1.29, 1.82) is 0 Å². The van der Waals surface area contributed by atoms with Crippen LogP contribution in [0.4, 0.5) is 0 Å². The second-order valence-electron chi connectivity index (χ2n) is 4.18. The molecule has 2 rings (SSSR count). The van der Waals surface area contributed by atoms with Gasteiger partial charge in [0, 0.05) is 32.2 Å². The summed E-state index contributed by atoms with van der Waals surface area (Å²) in [5, 5.41) is 6.93. The molecule has 2 heterocycles. The van der Waals surface area contributed by atoms with Gasteiger partial charge < -0.3 is 15.5 Å². The summed E-state index contributed by atoms with van der Waals surface area (Å²) in [7, 11) is 2.20. The van der Waals surface area contributed by atoms with Crippen molar-refractivity contribution < 1.29 is 0 Å². The van der Waals surface area contributed by atoms with Gasteiger partial charge in [-0.25, -0.2) is 0 Å². The van der Waals surface area contributed by atoms with E-state index < -0.39 is 0 Å². The van der Waals surface area contributed by atoms with Gasteiger partial charge in [-0.3, -0.25) is 0 Å². The van der Waals surface area contributed by atoms with E-state index in [2.05, 4.69) is 22.6 Å². The van der Waals surface area contributed by atoms with E-state index in [0.29, 0.717) is 0 Å². The van der Waals surface area contributed by atoms with Gasteiger partial charge in [0.05, 0.1) is 0 Å². The van der Waals surface area contributed by atoms with Crippen molar-refractivity contribution in [3.63, 3.8) is 0 Å². The summed E-state index contributed by atoms with van der Waals surface area (Å²) in [6, 6.07) is 0.760. The van der Waals surface area contributed by atoms with E-state index in [-0.39, 0.29) is 0 Å². The van der Waals surface area contributed by atoms with Gasteiger partial charge in [-0.2, -0.15) is 0 Å². The third-order valence-corrected chi connectivity index (χ3v) is 2.95. The summed E-state index contributed by atoms with van der Waals surface area (Å²) >= 11 is 0. The van der Waals surface area contributed by atoms with Crippen LogP contribution in [0.1, 0.15) is 6.42 Å². The molecule has 1 unspecified atom stereocenters. The molecule has 2 aliphatic rings. The van der Waals surface area contributed by atoms with Crippen LogP contribution in [0, 0.1) is 5.92 Å². The molecule has 2 fully saturated rings. The summed E-state index contributed by atoms with van der Waals surface area (Å²) in [5.41, 5.74) is 0. The van der Waals surface area contributed by atoms with E-state index in [1.807, 2.05) is 0 Å². The van der Waals surface area contributed by atoms with Crippen molar-refractivity contribution in [2.24, 2.45) is 5.92 Å². The maximum Gasteiger partial charge on any atom is 0.0207 e. The van der Waals surface area contributed by atoms with Crippen LogP contribution < -0.4 is 10.6 Å². The SMILES string of the molecule is CN1CCC(NCC2CNC2)C1. The van der Waals surface area contributed by atoms with Crippen molar-refractivity contribution in [2.45, 2.75) is 12.5 Å². The first-order chi connectivity index (χ1) is 5.84. The maximum atomic E-state index is 3.63. The molecular weight excluding hydrogens is 150 g/mol. The molecule has 2 saturated heterocycles. The number of hydrogen-bond donors (Lipinski definition) is 2. The van der Waals surface area contributed by atoms with E-state index in [4.69, 9.17) is 0 Å². The first-order valence-corrected chi connectivity index (χ1v) is 4.97. The smallest absolute Gasteiger partial charge is 0.0207 e. The quantitative estimate of drug-likeness (QED) is 0.596. The Kier molecular flexibility index (Phi) is 2.63. The molecule has 0 spiro atoms. The zero-order valence-corrected chi connectivity index (χ0v) is 7.84. The Balaban J connectivity index is 1.60. The van der Waals surface area contributed by atoms with Gasteiger partial charge in [0.2, 0.25) is 0 Å². The van der Waals surface area contributed by atoms with E-state index in [1.54, 1.807) is 0 Å². The molecule has 0 aromatic heterocycles. The van der Waals surface area contributed by atoms with E-state index in [1.165, 1.54) is 39.1 Å². The molecule has 1 atom stereocenters. The van der Waals surface area contributed by atoms with Crippen molar-refractivity contribution >= 4 is 0 Å². The van der Waals surface area contributed by atoms with Crippen LogP contribution in [0.25, 0.3) is 0 Å². The Morgan fingerprint density at radius 1 is 1.50 bits per heavy atom. The minimum absolute atomic E-state index is 0.760. The summed E-state index contributed by atoms with van der Waals surface area (Å²) in [6.45, 7) is 6.15. The lowest BCUT2D eigenvalue weighted by atomic mass is 10.0. The summed E-state index contributed by atoms with van der Waals surface area (Å²) in [5.74, 6) is 0.899. The second kappa shape index (κ2) is 3.73. The van der Waals surface area contributed by atoms with Crippen molar-refractivity contribution in [3.8, 4) is 0 Å². The van der Waals surface area contributed by atoms with Crippen molar-refractivity contribution in [2.75, 3.05) is 39.8 Å². The summed E-state index contributed by atoms with van der Waals surface area (Å²) in [6.07, 6.45) is 1.33. The molecule has 2 aliphatic heterocycles. The van der Waals surface area contributed by atoms with Crippen LogP contribution in [-0.4, -0.2) is 50.7 Å². The highest BCUT2D eigenvalue weighted by molar-refractivity contribution is 4.83. The fourth-order valence-electron chi connectivity index (χ4n) is 1.93.